The van der Waals surface area contributed by atoms with Gasteiger partial charge in [-0.3, -0.25) is 4.79 Å². The maximum atomic E-state index is 12.0. The van der Waals surface area contributed by atoms with Gasteiger partial charge in [-0.25, -0.2) is 0 Å². The summed E-state index contributed by atoms with van der Waals surface area (Å²) < 4.78 is 0. The summed E-state index contributed by atoms with van der Waals surface area (Å²) in [5.41, 5.74) is 1.32. The van der Waals surface area contributed by atoms with Gasteiger partial charge in [0.15, 0.2) is 0 Å². The second-order valence-electron chi connectivity index (χ2n) is 5.35. The highest BCUT2D eigenvalue weighted by molar-refractivity contribution is 5.94. The van der Waals surface area contributed by atoms with E-state index in [0.717, 1.165) is 18.4 Å². The standard InChI is InChI=1S/C15H23NO2/c1-10(2)5-6-12(4)16-15(18)13-7-8-14(17)11(3)9-13/h7-10,12,17H,5-6H2,1-4H3,(H,16,18). The molecule has 1 unspecified atom stereocenters. The topological polar surface area (TPSA) is 49.3 Å². The summed E-state index contributed by atoms with van der Waals surface area (Å²) in [4.78, 5) is 12.0. The number of carbonyl (C=O) groups is 1. The largest absolute Gasteiger partial charge is 0.508 e. The lowest BCUT2D eigenvalue weighted by atomic mass is 10.0. The monoisotopic (exact) mass is 249 g/mol. The molecule has 0 saturated carbocycles. The molecule has 18 heavy (non-hydrogen) atoms. The first-order chi connectivity index (χ1) is 8.40. The van der Waals surface area contributed by atoms with Gasteiger partial charge in [-0.15, -0.1) is 0 Å². The fraction of sp³-hybridized carbons (Fsp3) is 0.533. The lowest BCUT2D eigenvalue weighted by molar-refractivity contribution is 0.0937. The number of carbonyl (C=O) groups excluding carboxylic acids is 1. The number of benzene rings is 1. The molecule has 1 aromatic rings. The predicted octanol–water partition coefficient (Wildman–Crippen LogP) is 3.26. The molecule has 0 radical (unpaired) electrons. The average Bonchev–Trinajstić information content (AvgIpc) is 2.30. The Hall–Kier alpha value is -1.51. The van der Waals surface area contributed by atoms with Crippen molar-refractivity contribution in [3.05, 3.63) is 29.3 Å². The highest BCUT2D eigenvalue weighted by Gasteiger charge is 2.11. The molecule has 0 fully saturated rings. The Morgan fingerprint density at radius 1 is 1.28 bits per heavy atom. The molecule has 2 N–H and O–H groups in total. The van der Waals surface area contributed by atoms with Crippen molar-refractivity contribution in [2.24, 2.45) is 5.92 Å². The summed E-state index contributed by atoms with van der Waals surface area (Å²) in [6, 6.07) is 5.09. The van der Waals surface area contributed by atoms with Crippen LogP contribution in [-0.2, 0) is 0 Å². The van der Waals surface area contributed by atoms with Gasteiger partial charge in [0, 0.05) is 11.6 Å². The molecule has 0 saturated heterocycles. The van der Waals surface area contributed by atoms with Crippen LogP contribution in [0, 0.1) is 12.8 Å². The fourth-order valence-corrected chi connectivity index (χ4v) is 1.76. The molecule has 1 atom stereocenters. The molecule has 0 spiro atoms. The maximum absolute atomic E-state index is 12.0. The van der Waals surface area contributed by atoms with Gasteiger partial charge in [-0.2, -0.15) is 0 Å². The van der Waals surface area contributed by atoms with E-state index in [-0.39, 0.29) is 17.7 Å². The Kier molecular flexibility index (Phi) is 5.20. The third-order valence-electron chi connectivity index (χ3n) is 3.01. The molecule has 1 amide bonds. The molecule has 1 aromatic carbocycles. The van der Waals surface area contributed by atoms with Crippen LogP contribution < -0.4 is 5.32 Å². The Morgan fingerprint density at radius 2 is 1.94 bits per heavy atom. The van der Waals surface area contributed by atoms with Crippen LogP contribution in [0.1, 0.15) is 49.5 Å². The molecule has 0 aliphatic rings. The zero-order chi connectivity index (χ0) is 13.7. The van der Waals surface area contributed by atoms with Gasteiger partial charge in [-0.1, -0.05) is 13.8 Å². The quantitative estimate of drug-likeness (QED) is 0.841. The minimum absolute atomic E-state index is 0.0747. The second-order valence-corrected chi connectivity index (χ2v) is 5.35. The van der Waals surface area contributed by atoms with Crippen LogP contribution >= 0.6 is 0 Å². The first-order valence-electron chi connectivity index (χ1n) is 6.50. The van der Waals surface area contributed by atoms with E-state index < -0.39 is 0 Å². The third kappa shape index (κ3) is 4.40. The van der Waals surface area contributed by atoms with E-state index in [1.54, 1.807) is 25.1 Å². The van der Waals surface area contributed by atoms with E-state index >= 15 is 0 Å². The van der Waals surface area contributed by atoms with Crippen molar-refractivity contribution in [1.82, 2.24) is 5.32 Å². The van der Waals surface area contributed by atoms with E-state index in [1.165, 1.54) is 0 Å². The van der Waals surface area contributed by atoms with Crippen molar-refractivity contribution in [3.8, 4) is 5.75 Å². The SMILES string of the molecule is Cc1cc(C(=O)NC(C)CCC(C)C)ccc1O. The van der Waals surface area contributed by atoms with Crippen LogP contribution in [0.4, 0.5) is 0 Å². The summed E-state index contributed by atoms with van der Waals surface area (Å²) in [5, 5.41) is 12.4. The van der Waals surface area contributed by atoms with E-state index in [1.807, 2.05) is 6.92 Å². The van der Waals surface area contributed by atoms with Crippen LogP contribution in [0.25, 0.3) is 0 Å². The molecule has 0 aromatic heterocycles. The summed E-state index contributed by atoms with van der Waals surface area (Å²) in [7, 11) is 0. The second kappa shape index (κ2) is 6.43. The molecular formula is C15H23NO2. The fourth-order valence-electron chi connectivity index (χ4n) is 1.76. The highest BCUT2D eigenvalue weighted by Crippen LogP contribution is 2.17. The Balaban J connectivity index is 2.56. The van der Waals surface area contributed by atoms with Crippen molar-refractivity contribution in [2.45, 2.75) is 46.6 Å². The van der Waals surface area contributed by atoms with E-state index in [9.17, 15) is 9.90 Å². The summed E-state index contributed by atoms with van der Waals surface area (Å²) in [5.74, 6) is 0.800. The first kappa shape index (κ1) is 14.6. The van der Waals surface area contributed by atoms with Crippen LogP contribution in [0.15, 0.2) is 18.2 Å². The number of aryl methyl sites for hydroxylation is 1. The molecule has 0 aliphatic heterocycles. The van der Waals surface area contributed by atoms with Gasteiger partial charge in [0.05, 0.1) is 0 Å². The van der Waals surface area contributed by atoms with Crippen LogP contribution in [-0.4, -0.2) is 17.1 Å². The smallest absolute Gasteiger partial charge is 0.251 e. The van der Waals surface area contributed by atoms with Crippen molar-refractivity contribution in [3.63, 3.8) is 0 Å². The van der Waals surface area contributed by atoms with Crippen LogP contribution in [0.5, 0.6) is 5.75 Å². The molecule has 0 heterocycles. The highest BCUT2D eigenvalue weighted by atomic mass is 16.3. The number of nitrogens with one attached hydrogen (secondary N) is 1. The van der Waals surface area contributed by atoms with Crippen molar-refractivity contribution < 1.29 is 9.90 Å². The van der Waals surface area contributed by atoms with Crippen LogP contribution in [0.2, 0.25) is 0 Å². The number of aromatic hydroxyl groups is 1. The lowest BCUT2D eigenvalue weighted by Gasteiger charge is -2.15. The third-order valence-corrected chi connectivity index (χ3v) is 3.01. The Labute approximate surface area is 109 Å². The predicted molar refractivity (Wildman–Crippen MR) is 73.8 cm³/mol. The normalized spacial score (nSPS) is 12.5. The average molecular weight is 249 g/mol. The van der Waals surface area contributed by atoms with Crippen molar-refractivity contribution in [2.75, 3.05) is 0 Å². The van der Waals surface area contributed by atoms with E-state index in [2.05, 4.69) is 19.2 Å². The molecule has 0 aliphatic carbocycles. The van der Waals surface area contributed by atoms with Gasteiger partial charge >= 0.3 is 0 Å². The maximum Gasteiger partial charge on any atom is 0.251 e. The van der Waals surface area contributed by atoms with E-state index in [0.29, 0.717) is 11.5 Å². The Bertz CT molecular complexity index is 413. The molecule has 3 nitrogen and oxygen atoms in total. The van der Waals surface area contributed by atoms with Gasteiger partial charge in [-0.05, 0) is 56.4 Å². The molecule has 100 valence electrons. The molecule has 0 bridgehead atoms. The summed E-state index contributed by atoms with van der Waals surface area (Å²) in [6.07, 6.45) is 2.09. The minimum atomic E-state index is -0.0747. The summed E-state index contributed by atoms with van der Waals surface area (Å²) >= 11 is 0. The first-order valence-corrected chi connectivity index (χ1v) is 6.50. The number of phenols is 1. The zero-order valence-electron chi connectivity index (χ0n) is 11.7. The van der Waals surface area contributed by atoms with Gasteiger partial charge in [0.2, 0.25) is 0 Å². The van der Waals surface area contributed by atoms with Gasteiger partial charge in [0.1, 0.15) is 5.75 Å². The number of rotatable bonds is 5. The van der Waals surface area contributed by atoms with Gasteiger partial charge < -0.3 is 10.4 Å². The molecule has 3 heteroatoms. The minimum Gasteiger partial charge on any atom is -0.508 e. The zero-order valence-corrected chi connectivity index (χ0v) is 11.7. The van der Waals surface area contributed by atoms with E-state index in [4.69, 9.17) is 0 Å². The van der Waals surface area contributed by atoms with Crippen molar-refractivity contribution >= 4 is 5.91 Å². The number of hydrogen-bond acceptors (Lipinski definition) is 2. The number of amides is 1. The molecular weight excluding hydrogens is 226 g/mol. The van der Waals surface area contributed by atoms with Crippen LogP contribution in [0.3, 0.4) is 0 Å². The Morgan fingerprint density at radius 3 is 2.50 bits per heavy atom. The summed E-state index contributed by atoms with van der Waals surface area (Å²) in [6.45, 7) is 8.16. The number of hydrogen-bond donors (Lipinski definition) is 2. The lowest BCUT2D eigenvalue weighted by Crippen LogP contribution is -2.32. The molecule has 1 rings (SSSR count). The van der Waals surface area contributed by atoms with Gasteiger partial charge in [0.25, 0.3) is 5.91 Å². The van der Waals surface area contributed by atoms with Crippen molar-refractivity contribution in [1.29, 1.82) is 0 Å². The number of phenolic OH excluding ortho intramolecular Hbond substituents is 1.